The Morgan fingerprint density at radius 1 is 1.17 bits per heavy atom. The molecule has 150 valence electrons. The van der Waals surface area contributed by atoms with Crippen LogP contribution in [0.4, 0.5) is 10.2 Å². The van der Waals surface area contributed by atoms with Crippen molar-refractivity contribution in [3.63, 3.8) is 0 Å². The third-order valence-electron chi connectivity index (χ3n) is 4.22. The van der Waals surface area contributed by atoms with E-state index in [-0.39, 0.29) is 33.2 Å². The van der Waals surface area contributed by atoms with E-state index < -0.39 is 5.82 Å². The maximum atomic E-state index is 12.8. The number of nitrogens with zero attached hydrogens (tertiary/aromatic N) is 5. The van der Waals surface area contributed by atoms with Crippen LogP contribution in [-0.2, 0) is 0 Å². The van der Waals surface area contributed by atoms with E-state index in [0.29, 0.717) is 16.7 Å². The molecule has 0 spiro atoms. The number of fused-ring (bicyclic) bond motifs is 1. The molecule has 3 aromatic heterocycles. The van der Waals surface area contributed by atoms with Crippen molar-refractivity contribution in [3.8, 4) is 12.1 Å². The number of imidazole rings is 1. The fourth-order valence-corrected chi connectivity index (χ4v) is 3.11. The lowest BCUT2D eigenvalue weighted by Crippen LogP contribution is -2.21. The molecule has 8 nitrogen and oxygen atoms in total. The molecule has 29 heavy (non-hydrogen) atoms. The molecule has 0 saturated carbocycles. The number of hydrogen-bond donors (Lipinski definition) is 2. The van der Waals surface area contributed by atoms with Crippen LogP contribution >= 0.6 is 23.2 Å². The molecule has 0 radical (unpaired) electrons. The number of nitriles is 2. The number of nitrogen functional groups attached to an aromatic ring is 1. The van der Waals surface area contributed by atoms with Gasteiger partial charge >= 0.3 is 5.69 Å². The quantitative estimate of drug-likeness (QED) is 0.638. The van der Waals surface area contributed by atoms with Crippen LogP contribution in [0.5, 0.6) is 0 Å². The first kappa shape index (κ1) is 22.2. The number of rotatable bonds is 3. The van der Waals surface area contributed by atoms with Gasteiger partial charge in [0, 0.05) is 18.4 Å². The Morgan fingerprint density at radius 2 is 1.72 bits per heavy atom. The molecule has 3 aromatic rings. The summed E-state index contributed by atoms with van der Waals surface area (Å²) in [6, 6.07) is 3.66. The van der Waals surface area contributed by atoms with Gasteiger partial charge in [-0.3, -0.25) is 9.55 Å². The molecule has 3 N–H and O–H groups in total. The number of halogens is 3. The van der Waals surface area contributed by atoms with Crippen LogP contribution in [0, 0.1) is 28.5 Å². The highest BCUT2D eigenvalue weighted by molar-refractivity contribution is 6.32. The molecular weight excluding hydrogens is 420 g/mol. The highest BCUT2D eigenvalue weighted by atomic mass is 35.5. The number of pyridine rings is 2. The van der Waals surface area contributed by atoms with Crippen LogP contribution in [-0.4, -0.2) is 19.5 Å². The Morgan fingerprint density at radius 3 is 2.24 bits per heavy atom. The van der Waals surface area contributed by atoms with E-state index in [1.807, 2.05) is 19.9 Å². The topological polar surface area (TPSA) is 137 Å². The zero-order chi connectivity index (χ0) is 21.7. The van der Waals surface area contributed by atoms with Gasteiger partial charge < -0.3 is 5.73 Å². The molecule has 0 unspecified atom stereocenters. The largest absolute Gasteiger partial charge is 0.381 e. The Kier molecular flexibility index (Phi) is 7.16. The Balaban J connectivity index is 0.000000234. The Hall–Kier alpha value is -3.14. The molecule has 0 aliphatic heterocycles. The van der Waals surface area contributed by atoms with E-state index in [0.717, 1.165) is 19.0 Å². The minimum atomic E-state index is -0.861. The number of anilines is 1. The van der Waals surface area contributed by atoms with E-state index in [1.165, 1.54) is 6.20 Å². The molecule has 0 aromatic carbocycles. The van der Waals surface area contributed by atoms with E-state index in [1.54, 1.807) is 10.6 Å². The summed E-state index contributed by atoms with van der Waals surface area (Å²) in [6.45, 7) is 4.01. The van der Waals surface area contributed by atoms with Gasteiger partial charge in [-0.15, -0.1) is 0 Å². The SMILES string of the molecule is CCC(CC)n1c(=O)[nH]c2ncc(Cl)c(C#N)c21.N#Cc1c(Cl)cnc(N)c1F. The number of aromatic nitrogens is 4. The van der Waals surface area contributed by atoms with Crippen LogP contribution < -0.4 is 11.4 Å². The van der Waals surface area contributed by atoms with E-state index >= 15 is 0 Å². The number of aromatic amines is 1. The summed E-state index contributed by atoms with van der Waals surface area (Å²) in [5, 5.41) is 17.8. The third-order valence-corrected chi connectivity index (χ3v) is 4.80. The second-order valence-electron chi connectivity index (χ2n) is 5.85. The summed E-state index contributed by atoms with van der Waals surface area (Å²) in [5.41, 5.74) is 5.77. The summed E-state index contributed by atoms with van der Waals surface area (Å²) >= 11 is 11.4. The fraction of sp³-hybridized carbons (Fsp3) is 0.278. The monoisotopic (exact) mass is 435 g/mol. The third kappa shape index (κ3) is 4.32. The first-order valence-electron chi connectivity index (χ1n) is 8.48. The minimum absolute atomic E-state index is 0.0285. The summed E-state index contributed by atoms with van der Waals surface area (Å²) in [5.74, 6) is -1.18. The van der Waals surface area contributed by atoms with Gasteiger partial charge in [0.1, 0.15) is 23.2 Å². The molecule has 3 heterocycles. The Bertz CT molecular complexity index is 1190. The summed E-state index contributed by atoms with van der Waals surface area (Å²) in [6.07, 6.45) is 4.13. The van der Waals surface area contributed by atoms with E-state index in [2.05, 4.69) is 15.0 Å². The molecule has 11 heteroatoms. The smallest absolute Gasteiger partial charge is 0.327 e. The van der Waals surface area contributed by atoms with Gasteiger partial charge in [-0.05, 0) is 12.8 Å². The summed E-state index contributed by atoms with van der Waals surface area (Å²) in [4.78, 5) is 22.1. The van der Waals surface area contributed by atoms with Gasteiger partial charge in [-0.2, -0.15) is 10.5 Å². The lowest BCUT2D eigenvalue weighted by atomic mass is 10.1. The molecular formula is C18H16Cl2FN7O. The molecule has 0 amide bonds. The lowest BCUT2D eigenvalue weighted by molar-refractivity contribution is 0.471. The second kappa shape index (κ2) is 9.37. The fourth-order valence-electron chi connectivity index (χ4n) is 2.76. The van der Waals surface area contributed by atoms with Crippen molar-refractivity contribution in [2.45, 2.75) is 32.7 Å². The Labute approximate surface area is 175 Å². The standard InChI is InChI=1S/C12H13ClN4O.C6H3ClFN3/c1-3-7(4-2)17-10-8(5-14)9(13)6-15-11(10)16-12(17)18;7-4-2-11-6(10)5(8)3(4)1-9/h6-7H,3-4H2,1-2H3,(H,15,16,18);2H,(H2,10,11). The van der Waals surface area contributed by atoms with Gasteiger partial charge in [0.25, 0.3) is 0 Å². The average molecular weight is 436 g/mol. The maximum Gasteiger partial charge on any atom is 0.327 e. The van der Waals surface area contributed by atoms with Crippen LogP contribution in [0.1, 0.15) is 43.9 Å². The second-order valence-corrected chi connectivity index (χ2v) is 6.67. The van der Waals surface area contributed by atoms with Crippen LogP contribution in [0.25, 0.3) is 11.2 Å². The van der Waals surface area contributed by atoms with Gasteiger partial charge in [-0.1, -0.05) is 37.0 Å². The maximum absolute atomic E-state index is 12.8. The molecule has 0 atom stereocenters. The van der Waals surface area contributed by atoms with Crippen molar-refractivity contribution in [2.75, 3.05) is 5.73 Å². The molecule has 0 aliphatic carbocycles. The van der Waals surface area contributed by atoms with Crippen LogP contribution in [0.15, 0.2) is 17.2 Å². The van der Waals surface area contributed by atoms with Crippen molar-refractivity contribution in [1.29, 1.82) is 10.5 Å². The molecule has 0 fully saturated rings. The predicted octanol–water partition coefficient (Wildman–Crippen LogP) is 3.94. The number of H-pyrrole nitrogens is 1. The minimum Gasteiger partial charge on any atom is -0.381 e. The molecule has 0 aliphatic rings. The van der Waals surface area contributed by atoms with Gasteiger partial charge in [0.2, 0.25) is 0 Å². The number of nitrogens with one attached hydrogen (secondary N) is 1. The van der Waals surface area contributed by atoms with Crippen LogP contribution in [0.3, 0.4) is 0 Å². The molecule has 0 saturated heterocycles. The zero-order valence-corrected chi connectivity index (χ0v) is 17.0. The average Bonchev–Trinajstić information content (AvgIpc) is 3.03. The first-order valence-corrected chi connectivity index (χ1v) is 9.24. The lowest BCUT2D eigenvalue weighted by Gasteiger charge is -2.14. The van der Waals surface area contributed by atoms with Gasteiger partial charge in [0.15, 0.2) is 17.3 Å². The van der Waals surface area contributed by atoms with Crippen molar-refractivity contribution >= 4 is 40.2 Å². The predicted molar refractivity (Wildman–Crippen MR) is 108 cm³/mol. The highest BCUT2D eigenvalue weighted by Gasteiger charge is 2.19. The van der Waals surface area contributed by atoms with E-state index in [9.17, 15) is 14.4 Å². The van der Waals surface area contributed by atoms with Crippen molar-refractivity contribution < 1.29 is 4.39 Å². The normalized spacial score (nSPS) is 10.3. The van der Waals surface area contributed by atoms with Gasteiger partial charge in [0.05, 0.1) is 15.6 Å². The van der Waals surface area contributed by atoms with Crippen molar-refractivity contribution in [1.82, 2.24) is 19.5 Å². The highest BCUT2D eigenvalue weighted by Crippen LogP contribution is 2.26. The summed E-state index contributed by atoms with van der Waals surface area (Å²) in [7, 11) is 0. The number of hydrogen-bond acceptors (Lipinski definition) is 6. The zero-order valence-electron chi connectivity index (χ0n) is 15.5. The summed E-state index contributed by atoms with van der Waals surface area (Å²) < 4.78 is 14.4. The van der Waals surface area contributed by atoms with Crippen molar-refractivity contribution in [2.24, 2.45) is 0 Å². The van der Waals surface area contributed by atoms with Crippen molar-refractivity contribution in [3.05, 3.63) is 49.9 Å². The molecule has 3 rings (SSSR count). The first-order chi connectivity index (χ1) is 13.8. The molecule has 0 bridgehead atoms. The van der Waals surface area contributed by atoms with Gasteiger partial charge in [-0.25, -0.2) is 19.2 Å². The number of nitrogens with two attached hydrogens (primary N) is 1. The van der Waals surface area contributed by atoms with E-state index in [4.69, 9.17) is 34.2 Å². The van der Waals surface area contributed by atoms with Crippen LogP contribution in [0.2, 0.25) is 10.0 Å².